The first-order valence-electron chi connectivity index (χ1n) is 12.2. The molecule has 0 aromatic heterocycles. The summed E-state index contributed by atoms with van der Waals surface area (Å²) in [6.45, 7) is 9.88. The molecule has 3 aromatic rings. The fourth-order valence-electron chi connectivity index (χ4n) is 3.97. The van der Waals surface area contributed by atoms with E-state index < -0.39 is 11.8 Å². The van der Waals surface area contributed by atoms with Crippen LogP contribution in [0.1, 0.15) is 56.5 Å². The molecule has 0 fully saturated rings. The molecular weight excluding hydrogens is 434 g/mol. The molecular formula is C30H35N3O2. The molecule has 2 amide bonds. The van der Waals surface area contributed by atoms with Gasteiger partial charge in [-0.2, -0.15) is 0 Å². The number of hydrogen-bond donors (Lipinski definition) is 2. The SMILES string of the molecule is CCN(CC)c1ccc(C=C(C(=O)N[C@H](C)c2ccccc2)C(=O)N[C@H](C)c2ccccc2)cc1. The zero-order valence-electron chi connectivity index (χ0n) is 21.0. The number of anilines is 1. The second-order valence-corrected chi connectivity index (χ2v) is 8.53. The molecule has 0 spiro atoms. The second kappa shape index (κ2) is 12.6. The Morgan fingerprint density at radius 3 is 1.54 bits per heavy atom. The van der Waals surface area contributed by atoms with E-state index in [2.05, 4.69) is 29.4 Å². The molecule has 0 saturated carbocycles. The van der Waals surface area contributed by atoms with Crippen LogP contribution >= 0.6 is 0 Å². The van der Waals surface area contributed by atoms with Gasteiger partial charge in [0.2, 0.25) is 0 Å². The van der Waals surface area contributed by atoms with Gasteiger partial charge >= 0.3 is 0 Å². The number of carbonyl (C=O) groups is 2. The number of carbonyl (C=O) groups excluding carboxylic acids is 2. The molecule has 35 heavy (non-hydrogen) atoms. The van der Waals surface area contributed by atoms with Gasteiger partial charge in [0.1, 0.15) is 5.57 Å². The number of benzene rings is 3. The molecule has 5 nitrogen and oxygen atoms in total. The standard InChI is InChI=1S/C30H35N3O2/c1-5-33(6-2)27-19-17-24(18-20-27)21-28(29(34)31-22(3)25-13-9-7-10-14-25)30(35)32-23(4)26-15-11-8-12-16-26/h7-23H,5-6H2,1-4H3,(H,31,34)(H,32,35)/t22-,23-/m1/s1. The molecule has 0 aliphatic heterocycles. The van der Waals surface area contributed by atoms with Crippen LogP contribution in [0.4, 0.5) is 5.69 Å². The van der Waals surface area contributed by atoms with Crippen molar-refractivity contribution < 1.29 is 9.59 Å². The van der Waals surface area contributed by atoms with Crippen molar-refractivity contribution in [3.8, 4) is 0 Å². The van der Waals surface area contributed by atoms with Crippen molar-refractivity contribution in [2.24, 2.45) is 0 Å². The molecule has 0 aliphatic carbocycles. The van der Waals surface area contributed by atoms with Gasteiger partial charge in [0.25, 0.3) is 11.8 Å². The van der Waals surface area contributed by atoms with Crippen molar-refractivity contribution >= 4 is 23.6 Å². The summed E-state index contributed by atoms with van der Waals surface area (Å²) in [6.07, 6.45) is 1.66. The van der Waals surface area contributed by atoms with Gasteiger partial charge in [-0.15, -0.1) is 0 Å². The Bertz CT molecular complexity index is 1060. The van der Waals surface area contributed by atoms with Gasteiger partial charge in [0.05, 0.1) is 12.1 Å². The first-order valence-corrected chi connectivity index (χ1v) is 12.2. The van der Waals surface area contributed by atoms with E-state index in [0.29, 0.717) is 0 Å². The van der Waals surface area contributed by atoms with Crippen LogP contribution in [-0.2, 0) is 9.59 Å². The van der Waals surface area contributed by atoms with E-state index >= 15 is 0 Å². The third kappa shape index (κ3) is 7.06. The lowest BCUT2D eigenvalue weighted by Crippen LogP contribution is -2.36. The summed E-state index contributed by atoms with van der Waals surface area (Å²) in [4.78, 5) is 28.9. The normalized spacial score (nSPS) is 12.2. The van der Waals surface area contributed by atoms with E-state index in [0.717, 1.165) is 35.5 Å². The summed E-state index contributed by atoms with van der Waals surface area (Å²) < 4.78 is 0. The zero-order chi connectivity index (χ0) is 25.2. The summed E-state index contributed by atoms with van der Waals surface area (Å²) in [7, 11) is 0. The van der Waals surface area contributed by atoms with E-state index in [1.54, 1.807) is 6.08 Å². The third-order valence-corrected chi connectivity index (χ3v) is 6.12. The van der Waals surface area contributed by atoms with E-state index in [-0.39, 0.29) is 17.7 Å². The van der Waals surface area contributed by atoms with Crippen LogP contribution in [0.5, 0.6) is 0 Å². The number of rotatable bonds is 10. The summed E-state index contributed by atoms with van der Waals surface area (Å²) in [5, 5.41) is 5.96. The molecule has 5 heteroatoms. The lowest BCUT2D eigenvalue weighted by molar-refractivity contribution is -0.124. The molecule has 3 aromatic carbocycles. The van der Waals surface area contributed by atoms with Crippen molar-refractivity contribution in [1.29, 1.82) is 0 Å². The quantitative estimate of drug-likeness (QED) is 0.228. The Balaban J connectivity index is 1.86. The Morgan fingerprint density at radius 2 is 1.14 bits per heavy atom. The molecule has 0 heterocycles. The maximum Gasteiger partial charge on any atom is 0.257 e. The Labute approximate surface area is 208 Å². The highest BCUT2D eigenvalue weighted by molar-refractivity contribution is 6.21. The van der Waals surface area contributed by atoms with Crippen LogP contribution in [0, 0.1) is 0 Å². The van der Waals surface area contributed by atoms with Crippen LogP contribution in [-0.4, -0.2) is 24.9 Å². The zero-order valence-corrected chi connectivity index (χ0v) is 21.0. The maximum absolute atomic E-state index is 13.3. The van der Waals surface area contributed by atoms with Crippen LogP contribution in [0.15, 0.2) is 90.5 Å². The van der Waals surface area contributed by atoms with E-state index in [9.17, 15) is 9.59 Å². The van der Waals surface area contributed by atoms with Crippen molar-refractivity contribution in [2.45, 2.75) is 39.8 Å². The van der Waals surface area contributed by atoms with Gasteiger partial charge in [-0.3, -0.25) is 9.59 Å². The highest BCUT2D eigenvalue weighted by Gasteiger charge is 2.22. The van der Waals surface area contributed by atoms with Gasteiger partial charge < -0.3 is 15.5 Å². The monoisotopic (exact) mass is 469 g/mol. The summed E-state index contributed by atoms with van der Waals surface area (Å²) in [5.41, 5.74) is 3.92. The van der Waals surface area contributed by atoms with Crippen LogP contribution in [0.2, 0.25) is 0 Å². The Hall–Kier alpha value is -3.86. The Morgan fingerprint density at radius 1 is 0.714 bits per heavy atom. The van der Waals surface area contributed by atoms with Crippen molar-refractivity contribution in [3.05, 3.63) is 107 Å². The highest BCUT2D eigenvalue weighted by Crippen LogP contribution is 2.19. The van der Waals surface area contributed by atoms with Crippen molar-refractivity contribution in [3.63, 3.8) is 0 Å². The fraction of sp³-hybridized carbons (Fsp3) is 0.267. The molecule has 182 valence electrons. The smallest absolute Gasteiger partial charge is 0.257 e. The van der Waals surface area contributed by atoms with E-state index in [4.69, 9.17) is 0 Å². The molecule has 3 rings (SSSR count). The lowest BCUT2D eigenvalue weighted by Gasteiger charge is -2.21. The van der Waals surface area contributed by atoms with Crippen molar-refractivity contribution in [1.82, 2.24) is 10.6 Å². The second-order valence-electron chi connectivity index (χ2n) is 8.53. The third-order valence-electron chi connectivity index (χ3n) is 6.12. The van der Waals surface area contributed by atoms with Gasteiger partial charge in [-0.1, -0.05) is 72.8 Å². The molecule has 2 atom stereocenters. The minimum atomic E-state index is -0.410. The van der Waals surface area contributed by atoms with Crippen LogP contribution < -0.4 is 15.5 Å². The molecule has 0 saturated heterocycles. The average Bonchev–Trinajstić information content (AvgIpc) is 2.89. The molecule has 2 N–H and O–H groups in total. The lowest BCUT2D eigenvalue weighted by atomic mass is 10.0. The Kier molecular flexibility index (Phi) is 9.24. The van der Waals surface area contributed by atoms with Gasteiger partial charge in [0, 0.05) is 18.8 Å². The van der Waals surface area contributed by atoms with Gasteiger partial charge in [-0.25, -0.2) is 0 Å². The fourth-order valence-corrected chi connectivity index (χ4v) is 3.97. The number of nitrogens with zero attached hydrogens (tertiary/aromatic N) is 1. The molecule has 0 aliphatic rings. The van der Waals surface area contributed by atoms with Gasteiger partial charge in [0.15, 0.2) is 0 Å². The minimum absolute atomic E-state index is 0.0751. The summed E-state index contributed by atoms with van der Waals surface area (Å²) >= 11 is 0. The average molecular weight is 470 g/mol. The van der Waals surface area contributed by atoms with E-state index in [1.807, 2.05) is 98.8 Å². The predicted octanol–water partition coefficient (Wildman–Crippen LogP) is 5.67. The molecule has 0 unspecified atom stereocenters. The summed E-state index contributed by atoms with van der Waals surface area (Å²) in [5.74, 6) is -0.820. The van der Waals surface area contributed by atoms with Crippen LogP contribution in [0.3, 0.4) is 0 Å². The maximum atomic E-state index is 13.3. The largest absolute Gasteiger partial charge is 0.372 e. The molecule has 0 radical (unpaired) electrons. The number of amides is 2. The van der Waals surface area contributed by atoms with Crippen molar-refractivity contribution in [2.75, 3.05) is 18.0 Å². The molecule has 0 bridgehead atoms. The topological polar surface area (TPSA) is 61.4 Å². The minimum Gasteiger partial charge on any atom is -0.372 e. The van der Waals surface area contributed by atoms with Gasteiger partial charge in [-0.05, 0) is 62.6 Å². The first kappa shape index (κ1) is 25.8. The van der Waals surface area contributed by atoms with Crippen LogP contribution in [0.25, 0.3) is 6.08 Å². The van der Waals surface area contributed by atoms with E-state index in [1.165, 1.54) is 0 Å². The first-order chi connectivity index (χ1) is 16.9. The number of nitrogens with one attached hydrogen (secondary N) is 2. The number of hydrogen-bond acceptors (Lipinski definition) is 3. The predicted molar refractivity (Wildman–Crippen MR) is 144 cm³/mol. The summed E-state index contributed by atoms with van der Waals surface area (Å²) in [6, 6.07) is 26.9. The highest BCUT2D eigenvalue weighted by atomic mass is 16.2.